The van der Waals surface area contributed by atoms with Crippen molar-refractivity contribution in [1.82, 2.24) is 10.6 Å². The second kappa shape index (κ2) is 8.07. The van der Waals surface area contributed by atoms with E-state index in [1.165, 1.54) is 16.8 Å². The van der Waals surface area contributed by atoms with Gasteiger partial charge in [-0.2, -0.15) is 0 Å². The van der Waals surface area contributed by atoms with Crippen molar-refractivity contribution < 1.29 is 0 Å². The van der Waals surface area contributed by atoms with Crippen LogP contribution in [0.25, 0.3) is 0 Å². The third-order valence-electron chi connectivity index (χ3n) is 4.59. The van der Waals surface area contributed by atoms with Gasteiger partial charge in [0, 0.05) is 23.6 Å². The molecule has 0 bridgehead atoms. The summed E-state index contributed by atoms with van der Waals surface area (Å²) in [5, 5.41) is 7.09. The Kier molecular flexibility index (Phi) is 6.11. The summed E-state index contributed by atoms with van der Waals surface area (Å²) < 4.78 is 0. The van der Waals surface area contributed by atoms with Crippen molar-refractivity contribution in [3.63, 3.8) is 0 Å². The molecular weight excluding hydrogens is 268 g/mol. The molecule has 0 saturated heterocycles. The van der Waals surface area contributed by atoms with Crippen LogP contribution < -0.4 is 10.6 Å². The Labute approximate surface area is 135 Å². The van der Waals surface area contributed by atoms with Gasteiger partial charge in [0.15, 0.2) is 0 Å². The van der Waals surface area contributed by atoms with Crippen molar-refractivity contribution in [1.29, 1.82) is 0 Å². The summed E-state index contributed by atoms with van der Waals surface area (Å²) in [5.74, 6) is 0.625. The maximum absolute atomic E-state index is 4.18. The van der Waals surface area contributed by atoms with Gasteiger partial charge in [0.05, 0.1) is 0 Å². The van der Waals surface area contributed by atoms with E-state index in [0.717, 1.165) is 37.8 Å². The molecule has 1 aliphatic heterocycles. The molecule has 2 aliphatic rings. The maximum Gasteiger partial charge on any atom is 0.0414 e. The van der Waals surface area contributed by atoms with Gasteiger partial charge < -0.3 is 10.6 Å². The molecule has 0 radical (unpaired) electrons. The molecule has 22 heavy (non-hydrogen) atoms. The Morgan fingerprint density at radius 1 is 1.09 bits per heavy atom. The Morgan fingerprint density at radius 3 is 2.68 bits per heavy atom. The van der Waals surface area contributed by atoms with Gasteiger partial charge in [0.1, 0.15) is 0 Å². The van der Waals surface area contributed by atoms with Crippen LogP contribution >= 0.6 is 0 Å². The summed E-state index contributed by atoms with van der Waals surface area (Å²) in [5.41, 5.74) is 4.92. The molecule has 2 nitrogen and oxygen atoms in total. The lowest BCUT2D eigenvalue weighted by Gasteiger charge is -2.23. The van der Waals surface area contributed by atoms with E-state index < -0.39 is 0 Å². The first-order valence-electron chi connectivity index (χ1n) is 8.51. The van der Waals surface area contributed by atoms with Crippen LogP contribution in [0.2, 0.25) is 0 Å². The summed E-state index contributed by atoms with van der Waals surface area (Å²) in [6.45, 7) is 10.9. The van der Waals surface area contributed by atoms with E-state index in [1.54, 1.807) is 0 Å². The Morgan fingerprint density at radius 2 is 1.86 bits per heavy atom. The highest BCUT2D eigenvalue weighted by Crippen LogP contribution is 2.25. The molecule has 2 atom stereocenters. The van der Waals surface area contributed by atoms with Gasteiger partial charge >= 0.3 is 0 Å². The van der Waals surface area contributed by atoms with Crippen LogP contribution in [0.4, 0.5) is 0 Å². The molecule has 2 unspecified atom stereocenters. The second-order valence-corrected chi connectivity index (χ2v) is 6.55. The molecule has 120 valence electrons. The monoisotopic (exact) mass is 298 g/mol. The summed E-state index contributed by atoms with van der Waals surface area (Å²) in [4.78, 5) is 0. The first-order chi connectivity index (χ1) is 10.6. The molecule has 0 saturated carbocycles. The van der Waals surface area contributed by atoms with Crippen LogP contribution in [0.15, 0.2) is 59.6 Å². The number of allylic oxidation sites excluding steroid dienone is 6. The summed E-state index contributed by atoms with van der Waals surface area (Å²) in [6.07, 6.45) is 16.8. The number of nitrogens with one attached hydrogen (secondary N) is 2. The summed E-state index contributed by atoms with van der Waals surface area (Å²) in [6, 6.07) is 0.474. The highest BCUT2D eigenvalue weighted by atomic mass is 14.9. The highest BCUT2D eigenvalue weighted by molar-refractivity contribution is 5.47. The van der Waals surface area contributed by atoms with Gasteiger partial charge in [-0.1, -0.05) is 37.8 Å². The van der Waals surface area contributed by atoms with Crippen LogP contribution in [-0.2, 0) is 0 Å². The first-order valence-corrected chi connectivity index (χ1v) is 8.51. The smallest absolute Gasteiger partial charge is 0.0414 e. The summed E-state index contributed by atoms with van der Waals surface area (Å²) >= 11 is 0. The minimum atomic E-state index is 0.474. The quantitative estimate of drug-likeness (QED) is 0.618. The molecular formula is C20H30N2. The van der Waals surface area contributed by atoms with Gasteiger partial charge in [0.25, 0.3) is 0 Å². The Hall–Kier alpha value is -1.70. The van der Waals surface area contributed by atoms with Crippen molar-refractivity contribution in [2.75, 3.05) is 0 Å². The lowest BCUT2D eigenvalue weighted by atomic mass is 9.96. The normalized spacial score (nSPS) is 29.8. The minimum absolute atomic E-state index is 0.474. The fourth-order valence-electron chi connectivity index (χ4n) is 2.81. The van der Waals surface area contributed by atoms with E-state index >= 15 is 0 Å². The van der Waals surface area contributed by atoms with Crippen LogP contribution in [0.3, 0.4) is 0 Å². The first kappa shape index (κ1) is 16.7. The Bertz CT molecular complexity index is 520. The molecule has 0 fully saturated rings. The number of rotatable bonds is 0. The van der Waals surface area contributed by atoms with Gasteiger partial charge in [-0.25, -0.2) is 0 Å². The predicted molar refractivity (Wildman–Crippen MR) is 96.2 cm³/mol. The molecule has 1 aliphatic carbocycles. The van der Waals surface area contributed by atoms with Crippen molar-refractivity contribution in [3.8, 4) is 0 Å². The molecule has 2 N–H and O–H groups in total. The largest absolute Gasteiger partial charge is 0.388 e. The standard InChI is InChI=1S/C20H30N2/c1-15-10-6-5-7-11-17(3)22-20-13-9-8-12-19(20)16(2)14-21-18(15)4/h5-6,12-15,18,21-22H,3,7-11H2,1-2,4H3/b6-5?,16-14+. The zero-order valence-corrected chi connectivity index (χ0v) is 14.3. The topological polar surface area (TPSA) is 24.1 Å². The average molecular weight is 298 g/mol. The molecule has 0 spiro atoms. The second-order valence-electron chi connectivity index (χ2n) is 6.55. The number of hydrogen-bond donors (Lipinski definition) is 2. The zero-order valence-electron chi connectivity index (χ0n) is 14.3. The zero-order chi connectivity index (χ0) is 15.9. The molecule has 2 heteroatoms. The molecule has 0 aromatic heterocycles. The van der Waals surface area contributed by atoms with Gasteiger partial charge in [-0.15, -0.1) is 0 Å². The van der Waals surface area contributed by atoms with Gasteiger partial charge in [-0.3, -0.25) is 0 Å². The minimum Gasteiger partial charge on any atom is -0.388 e. The van der Waals surface area contributed by atoms with E-state index in [4.69, 9.17) is 0 Å². The van der Waals surface area contributed by atoms with E-state index in [1.807, 2.05) is 0 Å². The third-order valence-corrected chi connectivity index (χ3v) is 4.59. The number of hydrogen-bond acceptors (Lipinski definition) is 2. The lowest BCUT2D eigenvalue weighted by molar-refractivity contribution is 0.441. The molecule has 0 aromatic rings. The lowest BCUT2D eigenvalue weighted by Crippen LogP contribution is -2.28. The van der Waals surface area contributed by atoms with Crippen LogP contribution in [-0.4, -0.2) is 6.04 Å². The third kappa shape index (κ3) is 4.66. The van der Waals surface area contributed by atoms with Crippen LogP contribution in [0, 0.1) is 5.92 Å². The van der Waals surface area contributed by atoms with Crippen molar-refractivity contribution in [3.05, 3.63) is 59.6 Å². The van der Waals surface area contributed by atoms with E-state index in [-0.39, 0.29) is 0 Å². The number of fused-ring (bicyclic) bond motifs is 1. The van der Waals surface area contributed by atoms with Crippen LogP contribution in [0.1, 0.15) is 52.9 Å². The molecule has 0 aromatic carbocycles. The van der Waals surface area contributed by atoms with Crippen molar-refractivity contribution in [2.45, 2.75) is 58.9 Å². The Balaban J connectivity index is 2.21. The van der Waals surface area contributed by atoms with Crippen molar-refractivity contribution >= 4 is 0 Å². The highest BCUT2D eigenvalue weighted by Gasteiger charge is 2.13. The predicted octanol–water partition coefficient (Wildman–Crippen LogP) is 4.95. The van der Waals surface area contributed by atoms with E-state index in [2.05, 4.69) is 68.5 Å². The van der Waals surface area contributed by atoms with Gasteiger partial charge in [0.2, 0.25) is 0 Å². The molecule has 2 rings (SSSR count). The van der Waals surface area contributed by atoms with E-state index in [9.17, 15) is 0 Å². The maximum atomic E-state index is 4.18. The SMILES string of the molecule is C=C1CCC=CCC(C)C(C)N/C=C(\C)C2=CCCC=C2N1. The van der Waals surface area contributed by atoms with Crippen LogP contribution in [0.5, 0.6) is 0 Å². The van der Waals surface area contributed by atoms with E-state index in [0.29, 0.717) is 12.0 Å². The average Bonchev–Trinajstić information content (AvgIpc) is 2.51. The van der Waals surface area contributed by atoms with Gasteiger partial charge in [-0.05, 0) is 63.0 Å². The fourth-order valence-corrected chi connectivity index (χ4v) is 2.81. The summed E-state index contributed by atoms with van der Waals surface area (Å²) in [7, 11) is 0. The fraction of sp³-hybridized carbons (Fsp3) is 0.500. The molecule has 1 heterocycles. The van der Waals surface area contributed by atoms with Crippen molar-refractivity contribution in [2.24, 2.45) is 5.92 Å². The molecule has 0 amide bonds.